The number of hydrogen-bond donors (Lipinski definition) is 2. The van der Waals surface area contributed by atoms with Crippen molar-refractivity contribution < 1.29 is 9.47 Å². The Morgan fingerprint density at radius 1 is 1.04 bits per heavy atom. The van der Waals surface area contributed by atoms with Gasteiger partial charge >= 0.3 is 0 Å². The summed E-state index contributed by atoms with van der Waals surface area (Å²) in [5, 5.41) is 6.55. The van der Waals surface area contributed by atoms with Gasteiger partial charge in [0.05, 0.1) is 14.2 Å². The summed E-state index contributed by atoms with van der Waals surface area (Å²) in [6, 6.07) is 7.81. The second-order valence-electron chi connectivity index (χ2n) is 5.91. The maximum absolute atomic E-state index is 5.33. The van der Waals surface area contributed by atoms with Gasteiger partial charge in [0.25, 0.3) is 0 Å². The second kappa shape index (κ2) is 8.96. The van der Waals surface area contributed by atoms with Crippen LogP contribution >= 0.6 is 0 Å². The van der Waals surface area contributed by atoms with E-state index in [0.29, 0.717) is 11.9 Å². The topological polar surface area (TPSA) is 68.3 Å². The van der Waals surface area contributed by atoms with Crippen molar-refractivity contribution in [3.05, 3.63) is 36.0 Å². The normalized spacial score (nSPS) is 10.5. The highest BCUT2D eigenvalue weighted by Crippen LogP contribution is 2.27. The maximum Gasteiger partial charge on any atom is 0.224 e. The van der Waals surface area contributed by atoms with Gasteiger partial charge in [-0.15, -0.1) is 0 Å². The van der Waals surface area contributed by atoms with Gasteiger partial charge in [-0.25, -0.2) is 4.98 Å². The summed E-state index contributed by atoms with van der Waals surface area (Å²) < 4.78 is 10.6. The first-order valence-corrected chi connectivity index (χ1v) is 8.14. The highest BCUT2D eigenvalue weighted by molar-refractivity contribution is 5.43. The summed E-state index contributed by atoms with van der Waals surface area (Å²) in [5.41, 5.74) is 1.16. The highest BCUT2D eigenvalue weighted by Gasteiger charge is 2.05. The van der Waals surface area contributed by atoms with Crippen LogP contribution in [0.25, 0.3) is 0 Å². The van der Waals surface area contributed by atoms with E-state index in [2.05, 4.69) is 34.4 Å². The minimum atomic E-state index is 0.571. The Labute approximate surface area is 143 Å². The summed E-state index contributed by atoms with van der Waals surface area (Å²) in [6.07, 6.45) is 2.60. The minimum absolute atomic E-state index is 0.571. The zero-order chi connectivity index (χ0) is 17.4. The van der Waals surface area contributed by atoms with Gasteiger partial charge in [-0.1, -0.05) is 19.9 Å². The Bertz CT molecular complexity index is 647. The third kappa shape index (κ3) is 5.30. The van der Waals surface area contributed by atoms with Crippen molar-refractivity contribution in [3.8, 4) is 11.5 Å². The molecule has 0 saturated carbocycles. The molecule has 0 saturated heterocycles. The molecule has 1 aromatic heterocycles. The Morgan fingerprint density at radius 3 is 2.54 bits per heavy atom. The van der Waals surface area contributed by atoms with Crippen LogP contribution in [0.1, 0.15) is 19.4 Å². The highest BCUT2D eigenvalue weighted by atomic mass is 16.5. The average Bonchev–Trinajstić information content (AvgIpc) is 2.60. The smallest absolute Gasteiger partial charge is 0.224 e. The van der Waals surface area contributed by atoms with Gasteiger partial charge in [0, 0.05) is 19.3 Å². The molecule has 0 radical (unpaired) electrons. The van der Waals surface area contributed by atoms with Gasteiger partial charge < -0.3 is 20.1 Å². The molecule has 0 fully saturated rings. The first-order chi connectivity index (χ1) is 11.6. The van der Waals surface area contributed by atoms with E-state index in [0.717, 1.165) is 42.4 Å². The molecule has 0 unspecified atom stereocenters. The molecule has 0 bridgehead atoms. The number of nitrogens with one attached hydrogen (secondary N) is 2. The van der Waals surface area contributed by atoms with E-state index in [1.165, 1.54) is 0 Å². The lowest BCUT2D eigenvalue weighted by molar-refractivity contribution is 0.354. The minimum Gasteiger partial charge on any atom is -0.493 e. The van der Waals surface area contributed by atoms with E-state index in [4.69, 9.17) is 9.47 Å². The third-order valence-electron chi connectivity index (χ3n) is 3.49. The van der Waals surface area contributed by atoms with Gasteiger partial charge in [-0.05, 0) is 36.1 Å². The summed E-state index contributed by atoms with van der Waals surface area (Å²) >= 11 is 0. The van der Waals surface area contributed by atoms with Crippen LogP contribution in [0, 0.1) is 5.92 Å². The van der Waals surface area contributed by atoms with E-state index in [1.54, 1.807) is 20.4 Å². The van der Waals surface area contributed by atoms with Crippen molar-refractivity contribution in [3.63, 3.8) is 0 Å². The molecule has 0 amide bonds. The lowest BCUT2D eigenvalue weighted by atomic mass is 10.1. The predicted octanol–water partition coefficient (Wildman–Crippen LogP) is 3.22. The third-order valence-corrected chi connectivity index (χ3v) is 3.49. The second-order valence-corrected chi connectivity index (χ2v) is 5.91. The van der Waals surface area contributed by atoms with Crippen molar-refractivity contribution in [1.82, 2.24) is 9.97 Å². The molecule has 0 atom stereocenters. The van der Waals surface area contributed by atoms with Crippen molar-refractivity contribution in [2.45, 2.75) is 20.3 Å². The van der Waals surface area contributed by atoms with Crippen LogP contribution < -0.4 is 20.1 Å². The number of methoxy groups -OCH3 is 2. The number of ether oxygens (including phenoxy) is 2. The molecule has 0 aliphatic carbocycles. The molecule has 6 nitrogen and oxygen atoms in total. The average molecular weight is 330 g/mol. The lowest BCUT2D eigenvalue weighted by Crippen LogP contribution is -2.12. The van der Waals surface area contributed by atoms with Crippen LogP contribution in [-0.2, 0) is 6.42 Å². The fourth-order valence-corrected chi connectivity index (χ4v) is 2.21. The van der Waals surface area contributed by atoms with Crippen molar-refractivity contribution >= 4 is 11.8 Å². The molecule has 0 aliphatic heterocycles. The van der Waals surface area contributed by atoms with E-state index in [9.17, 15) is 0 Å². The Hall–Kier alpha value is -2.50. The summed E-state index contributed by atoms with van der Waals surface area (Å²) in [7, 11) is 3.28. The van der Waals surface area contributed by atoms with Crippen LogP contribution in [0.3, 0.4) is 0 Å². The SMILES string of the molecule is COc1ccc(CCNc2nccc(NCC(C)C)n2)cc1OC. The van der Waals surface area contributed by atoms with Crippen LogP contribution in [0.15, 0.2) is 30.5 Å². The van der Waals surface area contributed by atoms with Gasteiger partial charge in [0.1, 0.15) is 5.82 Å². The number of rotatable bonds is 9. The van der Waals surface area contributed by atoms with Crippen molar-refractivity contribution in [2.75, 3.05) is 37.9 Å². The van der Waals surface area contributed by atoms with E-state index in [-0.39, 0.29) is 0 Å². The summed E-state index contributed by atoms with van der Waals surface area (Å²) in [5.74, 6) is 3.52. The number of nitrogens with zero attached hydrogens (tertiary/aromatic N) is 2. The van der Waals surface area contributed by atoms with E-state index in [1.807, 2.05) is 24.3 Å². The van der Waals surface area contributed by atoms with Gasteiger partial charge in [-0.2, -0.15) is 4.98 Å². The molecule has 6 heteroatoms. The zero-order valence-corrected chi connectivity index (χ0v) is 14.8. The molecule has 0 aliphatic rings. The van der Waals surface area contributed by atoms with Crippen molar-refractivity contribution in [1.29, 1.82) is 0 Å². The predicted molar refractivity (Wildman–Crippen MR) is 97.1 cm³/mol. The Balaban J connectivity index is 1.89. The molecule has 2 rings (SSSR count). The largest absolute Gasteiger partial charge is 0.493 e. The molecule has 2 N–H and O–H groups in total. The maximum atomic E-state index is 5.33. The standard InChI is InChI=1S/C18H26N4O2/c1-13(2)12-21-17-8-10-20-18(22-17)19-9-7-14-5-6-15(23-3)16(11-14)24-4/h5-6,8,10-11,13H,7,9,12H2,1-4H3,(H2,19,20,21,22). The fourth-order valence-electron chi connectivity index (χ4n) is 2.21. The Kier molecular flexibility index (Phi) is 6.66. The number of aromatic nitrogens is 2. The van der Waals surface area contributed by atoms with Gasteiger partial charge in [0.15, 0.2) is 11.5 Å². The van der Waals surface area contributed by atoms with Crippen LogP contribution in [0.5, 0.6) is 11.5 Å². The number of anilines is 2. The van der Waals surface area contributed by atoms with Crippen molar-refractivity contribution in [2.24, 2.45) is 5.92 Å². The fraction of sp³-hybridized carbons (Fsp3) is 0.444. The molecule has 130 valence electrons. The van der Waals surface area contributed by atoms with E-state index >= 15 is 0 Å². The molecule has 1 heterocycles. The molecule has 24 heavy (non-hydrogen) atoms. The molecular formula is C18H26N4O2. The molecule has 2 aromatic rings. The van der Waals surface area contributed by atoms with Crippen LogP contribution in [0.2, 0.25) is 0 Å². The van der Waals surface area contributed by atoms with Gasteiger partial charge in [0.2, 0.25) is 5.95 Å². The molecule has 1 aromatic carbocycles. The monoisotopic (exact) mass is 330 g/mol. The quantitative estimate of drug-likeness (QED) is 0.736. The number of hydrogen-bond acceptors (Lipinski definition) is 6. The molecular weight excluding hydrogens is 304 g/mol. The Morgan fingerprint density at radius 2 is 1.83 bits per heavy atom. The first kappa shape index (κ1) is 17.8. The number of benzene rings is 1. The van der Waals surface area contributed by atoms with Crippen LogP contribution in [-0.4, -0.2) is 37.3 Å². The lowest BCUT2D eigenvalue weighted by Gasteiger charge is -2.11. The summed E-state index contributed by atoms with van der Waals surface area (Å²) in [6.45, 7) is 5.96. The molecule has 0 spiro atoms. The summed E-state index contributed by atoms with van der Waals surface area (Å²) in [4.78, 5) is 8.71. The van der Waals surface area contributed by atoms with E-state index < -0.39 is 0 Å². The van der Waals surface area contributed by atoms with Crippen LogP contribution in [0.4, 0.5) is 11.8 Å². The van der Waals surface area contributed by atoms with Gasteiger partial charge in [-0.3, -0.25) is 0 Å². The zero-order valence-electron chi connectivity index (χ0n) is 14.8. The first-order valence-electron chi connectivity index (χ1n) is 8.14.